The molecule has 0 bridgehead atoms. The third-order valence-electron chi connectivity index (χ3n) is 5.90. The van der Waals surface area contributed by atoms with Crippen LogP contribution in [0.25, 0.3) is 0 Å². The average Bonchev–Trinajstić information content (AvgIpc) is 2.85. The normalized spacial score (nSPS) is 16.2. The van der Waals surface area contributed by atoms with Gasteiger partial charge in [-0.2, -0.15) is 0 Å². The summed E-state index contributed by atoms with van der Waals surface area (Å²) in [5, 5.41) is 2.89. The van der Waals surface area contributed by atoms with Crippen LogP contribution in [0.5, 0.6) is 0 Å². The molecule has 34 heavy (non-hydrogen) atoms. The number of hydrogen-bond donors (Lipinski definition) is 2. The minimum atomic E-state index is -3.70. The predicted octanol–water partition coefficient (Wildman–Crippen LogP) is 4.66. The molecule has 0 spiro atoms. The molecular formula is C26H29N3O4S. The standard InChI is InChI=1S/C26H29N3O4S/c1-19-5-3-7-25(17-19)34(31,32)28-22-10-8-20(9-11-22)26(30)27-21-12-14-23(15-13-21)29-16-4-6-24(18-29)33-2/h3,5,7-15,17,24,28H,4,6,16,18H2,1-2H3,(H,27,30). The molecule has 8 heteroatoms. The molecule has 7 nitrogen and oxygen atoms in total. The van der Waals surface area contributed by atoms with Gasteiger partial charge in [0.2, 0.25) is 0 Å². The molecule has 4 rings (SSSR count). The summed E-state index contributed by atoms with van der Waals surface area (Å²) in [6, 6.07) is 20.8. The van der Waals surface area contributed by atoms with Crippen molar-refractivity contribution >= 4 is 33.0 Å². The zero-order valence-corrected chi connectivity index (χ0v) is 20.1. The molecule has 1 atom stereocenters. The van der Waals surface area contributed by atoms with Crippen molar-refractivity contribution < 1.29 is 17.9 Å². The van der Waals surface area contributed by atoms with Gasteiger partial charge in [0.1, 0.15) is 0 Å². The Morgan fingerprint density at radius 1 is 1.00 bits per heavy atom. The lowest BCUT2D eigenvalue weighted by atomic mass is 10.1. The number of rotatable bonds is 7. The van der Waals surface area contributed by atoms with Gasteiger partial charge in [0.25, 0.3) is 15.9 Å². The largest absolute Gasteiger partial charge is 0.380 e. The van der Waals surface area contributed by atoms with Gasteiger partial charge >= 0.3 is 0 Å². The van der Waals surface area contributed by atoms with Crippen LogP contribution in [0.3, 0.4) is 0 Å². The Balaban J connectivity index is 1.37. The van der Waals surface area contributed by atoms with Crippen LogP contribution in [0.2, 0.25) is 0 Å². The summed E-state index contributed by atoms with van der Waals surface area (Å²) >= 11 is 0. The second kappa shape index (κ2) is 10.3. The highest BCUT2D eigenvalue weighted by atomic mass is 32.2. The number of anilines is 3. The molecule has 0 aliphatic carbocycles. The van der Waals surface area contributed by atoms with Gasteiger partial charge in [0.15, 0.2) is 0 Å². The monoisotopic (exact) mass is 479 g/mol. The molecule has 1 unspecified atom stereocenters. The highest BCUT2D eigenvalue weighted by Gasteiger charge is 2.20. The minimum Gasteiger partial charge on any atom is -0.380 e. The highest BCUT2D eigenvalue weighted by molar-refractivity contribution is 7.92. The van der Waals surface area contributed by atoms with Crippen LogP contribution in [0.1, 0.15) is 28.8 Å². The molecule has 0 aromatic heterocycles. The Kier molecular flexibility index (Phi) is 7.19. The first-order chi connectivity index (χ1) is 16.3. The van der Waals surface area contributed by atoms with Crippen LogP contribution in [-0.4, -0.2) is 40.6 Å². The van der Waals surface area contributed by atoms with Crippen molar-refractivity contribution in [2.24, 2.45) is 0 Å². The van der Waals surface area contributed by atoms with Crippen LogP contribution in [0.4, 0.5) is 17.1 Å². The van der Waals surface area contributed by atoms with Gasteiger partial charge in [-0.1, -0.05) is 12.1 Å². The van der Waals surface area contributed by atoms with Crippen molar-refractivity contribution in [1.29, 1.82) is 0 Å². The Hall–Kier alpha value is -3.36. The van der Waals surface area contributed by atoms with Gasteiger partial charge in [0.05, 0.1) is 11.0 Å². The maximum Gasteiger partial charge on any atom is 0.261 e. The van der Waals surface area contributed by atoms with Gasteiger partial charge < -0.3 is 15.0 Å². The Bertz CT molecular complexity index is 1240. The zero-order chi connectivity index (χ0) is 24.1. The molecule has 1 heterocycles. The van der Waals surface area contributed by atoms with E-state index < -0.39 is 10.0 Å². The molecule has 2 N–H and O–H groups in total. The first-order valence-electron chi connectivity index (χ1n) is 11.2. The number of piperidine rings is 1. The number of methoxy groups -OCH3 is 1. The molecule has 178 valence electrons. The summed E-state index contributed by atoms with van der Waals surface area (Å²) in [6.45, 7) is 3.69. The van der Waals surface area contributed by atoms with Crippen molar-refractivity contribution in [3.8, 4) is 0 Å². The summed E-state index contributed by atoms with van der Waals surface area (Å²) < 4.78 is 33.2. The van der Waals surface area contributed by atoms with E-state index in [1.165, 1.54) is 0 Å². The van der Waals surface area contributed by atoms with E-state index in [1.54, 1.807) is 49.6 Å². The molecule has 1 aliphatic heterocycles. The number of carbonyl (C=O) groups is 1. The van der Waals surface area contributed by atoms with E-state index in [1.807, 2.05) is 37.3 Å². The fourth-order valence-corrected chi connectivity index (χ4v) is 5.17. The maximum absolute atomic E-state index is 12.7. The minimum absolute atomic E-state index is 0.195. The molecule has 1 saturated heterocycles. The Morgan fingerprint density at radius 3 is 2.38 bits per heavy atom. The number of carbonyl (C=O) groups excluding carboxylic acids is 1. The first-order valence-corrected chi connectivity index (χ1v) is 12.7. The summed E-state index contributed by atoms with van der Waals surface area (Å²) in [7, 11) is -1.95. The lowest BCUT2D eigenvalue weighted by Crippen LogP contribution is -2.39. The molecule has 1 aliphatic rings. The quantitative estimate of drug-likeness (QED) is 0.515. The fourth-order valence-electron chi connectivity index (χ4n) is 4.01. The van der Waals surface area contributed by atoms with E-state index in [0.717, 1.165) is 37.2 Å². The second-order valence-corrected chi connectivity index (χ2v) is 10.1. The van der Waals surface area contributed by atoms with E-state index in [0.29, 0.717) is 16.9 Å². The summed E-state index contributed by atoms with van der Waals surface area (Å²) in [4.78, 5) is 15.1. The lowest BCUT2D eigenvalue weighted by Gasteiger charge is -2.33. The summed E-state index contributed by atoms with van der Waals surface area (Å²) in [5.74, 6) is -0.265. The van der Waals surface area contributed by atoms with Crippen molar-refractivity contribution in [2.45, 2.75) is 30.8 Å². The highest BCUT2D eigenvalue weighted by Crippen LogP contribution is 2.24. The fraction of sp³-hybridized carbons (Fsp3) is 0.269. The van der Waals surface area contributed by atoms with Crippen molar-refractivity contribution in [2.75, 3.05) is 35.1 Å². The number of aryl methyl sites for hydroxylation is 1. The van der Waals surface area contributed by atoms with E-state index in [-0.39, 0.29) is 16.9 Å². The average molecular weight is 480 g/mol. The number of hydrogen-bond acceptors (Lipinski definition) is 5. The number of amides is 1. The van der Waals surface area contributed by atoms with E-state index in [2.05, 4.69) is 14.9 Å². The van der Waals surface area contributed by atoms with Crippen molar-refractivity contribution in [1.82, 2.24) is 0 Å². The number of ether oxygens (including phenoxy) is 1. The van der Waals surface area contributed by atoms with Gasteiger partial charge in [0, 0.05) is 42.8 Å². The first kappa shape index (κ1) is 23.8. The molecule has 3 aromatic carbocycles. The van der Waals surface area contributed by atoms with Gasteiger partial charge in [-0.25, -0.2) is 8.42 Å². The summed E-state index contributed by atoms with van der Waals surface area (Å²) in [6.07, 6.45) is 2.42. The van der Waals surface area contributed by atoms with Crippen LogP contribution in [0, 0.1) is 6.92 Å². The summed E-state index contributed by atoms with van der Waals surface area (Å²) in [5.41, 5.74) is 3.47. The molecular weight excluding hydrogens is 450 g/mol. The Labute approximate surface area is 200 Å². The molecule has 0 radical (unpaired) electrons. The number of nitrogens with zero attached hydrogens (tertiary/aromatic N) is 1. The zero-order valence-electron chi connectivity index (χ0n) is 19.3. The third-order valence-corrected chi connectivity index (χ3v) is 7.28. The van der Waals surface area contributed by atoms with Crippen molar-refractivity contribution in [3.63, 3.8) is 0 Å². The maximum atomic E-state index is 12.7. The SMILES string of the molecule is COC1CCCN(c2ccc(NC(=O)c3ccc(NS(=O)(=O)c4cccc(C)c4)cc3)cc2)C1. The topological polar surface area (TPSA) is 87.7 Å². The van der Waals surface area contributed by atoms with E-state index >= 15 is 0 Å². The van der Waals surface area contributed by atoms with E-state index in [9.17, 15) is 13.2 Å². The van der Waals surface area contributed by atoms with Crippen LogP contribution < -0.4 is 14.9 Å². The molecule has 3 aromatic rings. The van der Waals surface area contributed by atoms with Crippen LogP contribution >= 0.6 is 0 Å². The predicted molar refractivity (Wildman–Crippen MR) is 135 cm³/mol. The van der Waals surface area contributed by atoms with Gasteiger partial charge in [-0.15, -0.1) is 0 Å². The number of nitrogens with one attached hydrogen (secondary N) is 2. The molecule has 1 fully saturated rings. The smallest absolute Gasteiger partial charge is 0.261 e. The van der Waals surface area contributed by atoms with Crippen LogP contribution in [-0.2, 0) is 14.8 Å². The van der Waals surface area contributed by atoms with E-state index in [4.69, 9.17) is 4.74 Å². The molecule has 1 amide bonds. The second-order valence-electron chi connectivity index (χ2n) is 8.45. The number of sulfonamides is 1. The third kappa shape index (κ3) is 5.76. The van der Waals surface area contributed by atoms with Crippen LogP contribution in [0.15, 0.2) is 77.7 Å². The van der Waals surface area contributed by atoms with Gasteiger partial charge in [-0.3, -0.25) is 9.52 Å². The Morgan fingerprint density at radius 2 is 1.71 bits per heavy atom. The molecule has 0 saturated carbocycles. The lowest BCUT2D eigenvalue weighted by molar-refractivity contribution is 0.0893. The number of benzene rings is 3. The van der Waals surface area contributed by atoms with Gasteiger partial charge in [-0.05, 0) is 86.0 Å². The van der Waals surface area contributed by atoms with Crippen molar-refractivity contribution in [3.05, 3.63) is 83.9 Å².